The van der Waals surface area contributed by atoms with Crippen molar-refractivity contribution >= 4 is 11.8 Å². The van der Waals surface area contributed by atoms with E-state index in [1.165, 1.54) is 0 Å². The SMILES string of the molecule is C=C(C)C(=O)CC#Cc1ccc(-c2ccc(COC(=O)C(=C)C)cc2)cc1. The molecule has 0 amide bonds. The molecule has 0 saturated heterocycles. The molecular weight excluding hydrogens is 336 g/mol. The number of hydrogen-bond acceptors (Lipinski definition) is 3. The van der Waals surface area contributed by atoms with Crippen molar-refractivity contribution in [3.05, 3.63) is 84.0 Å². The molecular formula is C24H22O3. The second kappa shape index (κ2) is 9.35. The summed E-state index contributed by atoms with van der Waals surface area (Å²) in [6.45, 7) is 10.7. The summed E-state index contributed by atoms with van der Waals surface area (Å²) in [5.74, 6) is 5.44. The monoisotopic (exact) mass is 358 g/mol. The van der Waals surface area contributed by atoms with Gasteiger partial charge in [-0.3, -0.25) is 4.79 Å². The largest absolute Gasteiger partial charge is 0.457 e. The number of carbonyl (C=O) groups is 2. The van der Waals surface area contributed by atoms with Crippen LogP contribution in [0.3, 0.4) is 0 Å². The van der Waals surface area contributed by atoms with E-state index in [9.17, 15) is 9.59 Å². The Bertz CT molecular complexity index is 920. The fourth-order valence-electron chi connectivity index (χ4n) is 2.19. The van der Waals surface area contributed by atoms with Crippen molar-refractivity contribution in [3.8, 4) is 23.0 Å². The smallest absolute Gasteiger partial charge is 0.333 e. The van der Waals surface area contributed by atoms with Crippen LogP contribution >= 0.6 is 0 Å². The number of Topliss-reactive ketones (excluding diaryl/α,β-unsaturated/α-hetero) is 1. The summed E-state index contributed by atoms with van der Waals surface area (Å²) >= 11 is 0. The van der Waals surface area contributed by atoms with Crippen LogP contribution in [0.15, 0.2) is 72.8 Å². The highest BCUT2D eigenvalue weighted by atomic mass is 16.5. The molecule has 0 saturated carbocycles. The van der Waals surface area contributed by atoms with Gasteiger partial charge in [-0.05, 0) is 48.2 Å². The molecule has 2 aromatic carbocycles. The highest BCUT2D eigenvalue weighted by Crippen LogP contribution is 2.20. The first-order valence-electron chi connectivity index (χ1n) is 8.56. The van der Waals surface area contributed by atoms with Crippen LogP contribution < -0.4 is 0 Å². The Morgan fingerprint density at radius 1 is 0.889 bits per heavy atom. The van der Waals surface area contributed by atoms with E-state index in [2.05, 4.69) is 25.0 Å². The van der Waals surface area contributed by atoms with E-state index in [4.69, 9.17) is 4.74 Å². The molecule has 0 fully saturated rings. The Labute approximate surface area is 160 Å². The molecule has 27 heavy (non-hydrogen) atoms. The molecule has 0 N–H and O–H groups in total. The highest BCUT2D eigenvalue weighted by molar-refractivity contribution is 5.95. The van der Waals surface area contributed by atoms with Crippen molar-refractivity contribution in [1.82, 2.24) is 0 Å². The molecule has 0 bridgehead atoms. The molecule has 0 unspecified atom stereocenters. The molecule has 0 heterocycles. The number of esters is 1. The summed E-state index contributed by atoms with van der Waals surface area (Å²) in [6.07, 6.45) is 0.189. The average Bonchev–Trinajstić information content (AvgIpc) is 2.66. The molecule has 0 radical (unpaired) electrons. The molecule has 0 aliphatic carbocycles. The summed E-state index contributed by atoms with van der Waals surface area (Å²) in [7, 11) is 0. The first kappa shape index (κ1) is 19.9. The maximum Gasteiger partial charge on any atom is 0.333 e. The number of ketones is 1. The molecule has 0 aliphatic rings. The Morgan fingerprint density at radius 3 is 1.96 bits per heavy atom. The van der Waals surface area contributed by atoms with Crippen molar-refractivity contribution in [2.45, 2.75) is 26.9 Å². The van der Waals surface area contributed by atoms with E-state index >= 15 is 0 Å². The van der Waals surface area contributed by atoms with Gasteiger partial charge in [0, 0.05) is 11.1 Å². The second-order valence-corrected chi connectivity index (χ2v) is 6.31. The van der Waals surface area contributed by atoms with E-state index in [1.807, 2.05) is 48.5 Å². The highest BCUT2D eigenvalue weighted by Gasteiger charge is 2.04. The minimum absolute atomic E-state index is 0.0341. The maximum absolute atomic E-state index is 11.5. The van der Waals surface area contributed by atoms with Crippen molar-refractivity contribution in [2.24, 2.45) is 0 Å². The van der Waals surface area contributed by atoms with E-state index in [0.717, 1.165) is 22.3 Å². The lowest BCUT2D eigenvalue weighted by Crippen LogP contribution is -2.04. The third-order valence-corrected chi connectivity index (χ3v) is 3.85. The number of rotatable bonds is 6. The van der Waals surface area contributed by atoms with Gasteiger partial charge in [0.25, 0.3) is 0 Å². The van der Waals surface area contributed by atoms with Gasteiger partial charge >= 0.3 is 5.97 Å². The Balaban J connectivity index is 1.99. The van der Waals surface area contributed by atoms with Gasteiger partial charge in [-0.15, -0.1) is 0 Å². The van der Waals surface area contributed by atoms with E-state index in [-0.39, 0.29) is 24.8 Å². The van der Waals surface area contributed by atoms with Gasteiger partial charge in [-0.1, -0.05) is 61.4 Å². The van der Waals surface area contributed by atoms with Crippen molar-refractivity contribution in [1.29, 1.82) is 0 Å². The zero-order chi connectivity index (χ0) is 19.8. The number of benzene rings is 2. The molecule has 2 rings (SSSR count). The summed E-state index contributed by atoms with van der Waals surface area (Å²) in [5, 5.41) is 0. The van der Waals surface area contributed by atoms with E-state index < -0.39 is 0 Å². The van der Waals surface area contributed by atoms with Gasteiger partial charge in [0.05, 0.1) is 6.42 Å². The average molecular weight is 358 g/mol. The number of ether oxygens (including phenoxy) is 1. The summed E-state index contributed by atoms with van der Waals surface area (Å²) in [4.78, 5) is 22.9. The molecule has 0 spiro atoms. The number of hydrogen-bond donors (Lipinski definition) is 0. The summed E-state index contributed by atoms with van der Waals surface area (Å²) < 4.78 is 5.14. The van der Waals surface area contributed by atoms with Crippen LogP contribution in [0.4, 0.5) is 0 Å². The second-order valence-electron chi connectivity index (χ2n) is 6.31. The quantitative estimate of drug-likeness (QED) is 0.421. The van der Waals surface area contributed by atoms with Crippen molar-refractivity contribution in [3.63, 3.8) is 0 Å². The predicted octanol–water partition coefficient (Wildman–Crippen LogP) is 4.86. The Morgan fingerprint density at radius 2 is 1.44 bits per heavy atom. The Kier molecular flexibility index (Phi) is 6.91. The Hall–Kier alpha value is -3.38. The van der Waals surface area contributed by atoms with Gasteiger partial charge in [0.15, 0.2) is 5.78 Å². The normalized spacial score (nSPS) is 9.70. The van der Waals surface area contributed by atoms with Crippen LogP contribution in [0.25, 0.3) is 11.1 Å². The molecule has 3 nitrogen and oxygen atoms in total. The zero-order valence-electron chi connectivity index (χ0n) is 15.7. The minimum atomic E-state index is -0.388. The van der Waals surface area contributed by atoms with E-state index in [1.54, 1.807) is 13.8 Å². The topological polar surface area (TPSA) is 43.4 Å². The van der Waals surface area contributed by atoms with Crippen LogP contribution in [0.1, 0.15) is 31.4 Å². The van der Waals surface area contributed by atoms with Crippen LogP contribution in [0, 0.1) is 11.8 Å². The third-order valence-electron chi connectivity index (χ3n) is 3.85. The first-order chi connectivity index (χ1) is 12.9. The number of carbonyl (C=O) groups excluding carboxylic acids is 2. The minimum Gasteiger partial charge on any atom is -0.457 e. The van der Waals surface area contributed by atoms with Crippen LogP contribution in [0.5, 0.6) is 0 Å². The van der Waals surface area contributed by atoms with Gasteiger partial charge < -0.3 is 4.74 Å². The van der Waals surface area contributed by atoms with Crippen molar-refractivity contribution in [2.75, 3.05) is 0 Å². The van der Waals surface area contributed by atoms with Crippen molar-refractivity contribution < 1.29 is 14.3 Å². The fourth-order valence-corrected chi connectivity index (χ4v) is 2.19. The van der Waals surface area contributed by atoms with Crippen LogP contribution in [-0.4, -0.2) is 11.8 Å². The third kappa shape index (κ3) is 6.13. The van der Waals surface area contributed by atoms with E-state index in [0.29, 0.717) is 11.1 Å². The molecule has 2 aromatic rings. The summed E-state index contributed by atoms with van der Waals surface area (Å²) in [6, 6.07) is 15.6. The van der Waals surface area contributed by atoms with Gasteiger partial charge in [0.1, 0.15) is 6.61 Å². The summed E-state index contributed by atoms with van der Waals surface area (Å²) in [5.41, 5.74) is 4.80. The van der Waals surface area contributed by atoms with Gasteiger partial charge in [-0.2, -0.15) is 0 Å². The van der Waals surface area contributed by atoms with Gasteiger partial charge in [0.2, 0.25) is 0 Å². The van der Waals surface area contributed by atoms with Crippen LogP contribution in [-0.2, 0) is 20.9 Å². The lowest BCUT2D eigenvalue weighted by Gasteiger charge is -2.06. The first-order valence-corrected chi connectivity index (χ1v) is 8.56. The van der Waals surface area contributed by atoms with Crippen LogP contribution in [0.2, 0.25) is 0 Å². The lowest BCUT2D eigenvalue weighted by molar-refractivity contribution is -0.140. The molecule has 0 atom stereocenters. The maximum atomic E-state index is 11.5. The molecule has 3 heteroatoms. The predicted molar refractivity (Wildman–Crippen MR) is 108 cm³/mol. The zero-order valence-corrected chi connectivity index (χ0v) is 15.7. The lowest BCUT2D eigenvalue weighted by atomic mass is 10.0. The fraction of sp³-hybridized carbons (Fsp3) is 0.167. The van der Waals surface area contributed by atoms with Gasteiger partial charge in [-0.25, -0.2) is 4.79 Å². The number of allylic oxidation sites excluding steroid dienone is 1. The molecule has 0 aromatic heterocycles. The molecule has 136 valence electrons. The standard InChI is InChI=1S/C24H22O3/c1-17(2)23(25)7-5-6-19-8-12-21(13-9-19)22-14-10-20(11-15-22)16-27-24(26)18(3)4/h8-15H,1,3,7,16H2,2,4H3. The molecule has 0 aliphatic heterocycles.